The predicted octanol–water partition coefficient (Wildman–Crippen LogP) is 0.883. The molecule has 0 spiro atoms. The van der Waals surface area contributed by atoms with Crippen molar-refractivity contribution in [3.05, 3.63) is 48.2 Å². The molecule has 3 rings (SSSR count). The van der Waals surface area contributed by atoms with E-state index in [1.807, 2.05) is 4.90 Å². The van der Waals surface area contributed by atoms with E-state index in [0.717, 1.165) is 0 Å². The molecule has 1 aliphatic heterocycles. The Kier molecular flexibility index (Phi) is 5.96. The lowest BCUT2D eigenvalue weighted by Gasteiger charge is -2.36. The first-order valence-electron chi connectivity index (χ1n) is 9.05. The van der Waals surface area contributed by atoms with E-state index in [2.05, 4.69) is 4.98 Å². The van der Waals surface area contributed by atoms with Crippen LogP contribution in [0.1, 0.15) is 5.56 Å². The lowest BCUT2D eigenvalue weighted by molar-refractivity contribution is -0.262. The molecule has 0 aliphatic carbocycles. The minimum Gasteiger partial charge on any atom is -0.384 e. The number of nitrogen functional groups attached to an aromatic ring is 1. The highest BCUT2D eigenvalue weighted by Crippen LogP contribution is 2.38. The molecule has 0 saturated carbocycles. The quantitative estimate of drug-likeness (QED) is 0.624. The number of sulfonamides is 1. The maximum absolute atomic E-state index is 13.1. The number of aliphatic hydroxyl groups is 1. The summed E-state index contributed by atoms with van der Waals surface area (Å²) >= 11 is 0. The minimum atomic E-state index is -4.90. The van der Waals surface area contributed by atoms with Gasteiger partial charge in [0.05, 0.1) is 0 Å². The molecular formula is C18H22F3N5O3S. The van der Waals surface area contributed by atoms with Crippen LogP contribution in [0.15, 0.2) is 47.5 Å². The summed E-state index contributed by atoms with van der Waals surface area (Å²) in [5, 5.41) is 9.93. The molecule has 1 aromatic carbocycles. The lowest BCUT2D eigenvalue weighted by Crippen LogP contribution is -2.49. The van der Waals surface area contributed by atoms with Crippen molar-refractivity contribution in [1.29, 1.82) is 0 Å². The third kappa shape index (κ3) is 4.08. The van der Waals surface area contributed by atoms with E-state index in [9.17, 15) is 26.7 Å². The smallest absolute Gasteiger partial charge is 0.384 e. The van der Waals surface area contributed by atoms with Gasteiger partial charge >= 0.3 is 6.18 Å². The van der Waals surface area contributed by atoms with Crippen LogP contribution in [0.5, 0.6) is 0 Å². The largest absolute Gasteiger partial charge is 0.422 e. The van der Waals surface area contributed by atoms with Gasteiger partial charge in [0.15, 0.2) is 5.60 Å². The van der Waals surface area contributed by atoms with Crippen LogP contribution < -0.4 is 16.4 Å². The molecule has 0 bridgehead atoms. The minimum absolute atomic E-state index is 0.0442. The Labute approximate surface area is 172 Å². The summed E-state index contributed by atoms with van der Waals surface area (Å²) in [7, 11) is -3.71. The van der Waals surface area contributed by atoms with Gasteiger partial charge in [0.1, 0.15) is 10.7 Å². The summed E-state index contributed by atoms with van der Waals surface area (Å²) in [5.41, 5.74) is 7.80. The first kappa shape index (κ1) is 22.3. The number of hydrogen-bond donors (Lipinski definition) is 3. The van der Waals surface area contributed by atoms with E-state index in [4.69, 9.17) is 11.5 Å². The standard InChI is InChI=1S/C18H22F3N5O3S/c19-18(20,21)17(27,12-22)13-1-3-14(4-2-13)25-7-9-26(10-8-25)30(28,29)15-5-6-16(23)24-11-15/h1-6,11,27H,7-10,12,22H2,(H2,23,24). The highest BCUT2D eigenvalue weighted by Gasteiger charge is 2.54. The molecular weight excluding hydrogens is 423 g/mol. The van der Waals surface area contributed by atoms with Gasteiger partial charge in [-0.15, -0.1) is 0 Å². The molecule has 1 aromatic heterocycles. The SMILES string of the molecule is NCC(O)(c1ccc(N2CCN(S(=O)(=O)c3ccc(N)nc3)CC2)cc1)C(F)(F)F. The highest BCUT2D eigenvalue weighted by molar-refractivity contribution is 7.89. The zero-order valence-corrected chi connectivity index (χ0v) is 16.7. The Morgan fingerprint density at radius 1 is 1.03 bits per heavy atom. The molecule has 2 aromatic rings. The number of pyridine rings is 1. The van der Waals surface area contributed by atoms with E-state index in [1.165, 1.54) is 46.9 Å². The van der Waals surface area contributed by atoms with Crippen LogP contribution in [0.2, 0.25) is 0 Å². The molecule has 30 heavy (non-hydrogen) atoms. The highest BCUT2D eigenvalue weighted by atomic mass is 32.2. The number of nitrogens with zero attached hydrogens (tertiary/aromatic N) is 3. The predicted molar refractivity (Wildman–Crippen MR) is 105 cm³/mol. The van der Waals surface area contributed by atoms with Crippen molar-refractivity contribution < 1.29 is 26.7 Å². The topological polar surface area (TPSA) is 126 Å². The van der Waals surface area contributed by atoms with Crippen molar-refractivity contribution in [3.63, 3.8) is 0 Å². The molecule has 12 heteroatoms. The Morgan fingerprint density at radius 2 is 1.63 bits per heavy atom. The van der Waals surface area contributed by atoms with Gasteiger partial charge in [-0.25, -0.2) is 13.4 Å². The zero-order valence-electron chi connectivity index (χ0n) is 15.9. The molecule has 164 valence electrons. The maximum Gasteiger partial charge on any atom is 0.422 e. The summed E-state index contributed by atoms with van der Waals surface area (Å²) in [6.07, 6.45) is -3.70. The van der Waals surface area contributed by atoms with Crippen LogP contribution in [-0.2, 0) is 15.6 Å². The summed E-state index contributed by atoms with van der Waals surface area (Å²) in [5.74, 6) is 0.217. The normalized spacial score (nSPS) is 18.2. The fraction of sp³-hybridized carbons (Fsp3) is 0.389. The third-order valence-corrected chi connectivity index (χ3v) is 6.99. The Bertz CT molecular complexity index is 976. The van der Waals surface area contributed by atoms with E-state index < -0.39 is 28.3 Å². The van der Waals surface area contributed by atoms with Crippen LogP contribution in [0.25, 0.3) is 0 Å². The zero-order chi connectivity index (χ0) is 22.2. The first-order valence-corrected chi connectivity index (χ1v) is 10.5. The average molecular weight is 445 g/mol. The van der Waals surface area contributed by atoms with Gasteiger partial charge in [-0.2, -0.15) is 17.5 Å². The van der Waals surface area contributed by atoms with Gasteiger partial charge in [0.25, 0.3) is 0 Å². The van der Waals surface area contributed by atoms with Gasteiger partial charge < -0.3 is 21.5 Å². The van der Waals surface area contributed by atoms with Crippen molar-refractivity contribution in [2.24, 2.45) is 5.73 Å². The average Bonchev–Trinajstić information content (AvgIpc) is 2.73. The summed E-state index contributed by atoms with van der Waals surface area (Å²) in [6, 6.07) is 8.07. The number of aromatic nitrogens is 1. The molecule has 1 unspecified atom stereocenters. The maximum atomic E-state index is 13.1. The number of benzene rings is 1. The van der Waals surface area contributed by atoms with E-state index in [1.54, 1.807) is 0 Å². The van der Waals surface area contributed by atoms with E-state index in [-0.39, 0.29) is 29.4 Å². The number of rotatable bonds is 5. The molecule has 1 fully saturated rings. The van der Waals surface area contributed by atoms with Crippen LogP contribution in [0.4, 0.5) is 24.7 Å². The molecule has 5 N–H and O–H groups in total. The molecule has 0 radical (unpaired) electrons. The molecule has 1 aliphatic rings. The van der Waals surface area contributed by atoms with Gasteiger partial charge in [0, 0.05) is 44.6 Å². The van der Waals surface area contributed by atoms with Crippen molar-refractivity contribution in [3.8, 4) is 0 Å². The lowest BCUT2D eigenvalue weighted by atomic mass is 9.93. The number of halogens is 3. The van der Waals surface area contributed by atoms with Crippen molar-refractivity contribution in [1.82, 2.24) is 9.29 Å². The third-order valence-electron chi connectivity index (χ3n) is 5.11. The number of alkyl halides is 3. The van der Waals surface area contributed by atoms with Gasteiger partial charge in [0.2, 0.25) is 10.0 Å². The van der Waals surface area contributed by atoms with Crippen LogP contribution in [0.3, 0.4) is 0 Å². The summed E-state index contributed by atoms with van der Waals surface area (Å²) < 4.78 is 66.2. The molecule has 8 nitrogen and oxygen atoms in total. The Morgan fingerprint density at radius 3 is 2.10 bits per heavy atom. The molecule has 1 atom stereocenters. The number of hydrogen-bond acceptors (Lipinski definition) is 7. The Hall–Kier alpha value is -2.41. The summed E-state index contributed by atoms with van der Waals surface area (Å²) in [6.45, 7) is 0.0999. The fourth-order valence-electron chi connectivity index (χ4n) is 3.23. The second-order valence-electron chi connectivity index (χ2n) is 6.92. The molecule has 2 heterocycles. The van der Waals surface area contributed by atoms with Crippen molar-refractivity contribution >= 4 is 21.5 Å². The van der Waals surface area contributed by atoms with Gasteiger partial charge in [-0.3, -0.25) is 0 Å². The number of anilines is 2. The second-order valence-corrected chi connectivity index (χ2v) is 8.86. The number of piperazine rings is 1. The number of nitrogens with two attached hydrogens (primary N) is 2. The molecule has 0 amide bonds. The van der Waals surface area contributed by atoms with Crippen LogP contribution >= 0.6 is 0 Å². The summed E-state index contributed by atoms with van der Waals surface area (Å²) in [4.78, 5) is 5.70. The van der Waals surface area contributed by atoms with Crippen LogP contribution in [-0.4, -0.2) is 61.7 Å². The Balaban J connectivity index is 1.70. The fourth-order valence-corrected chi connectivity index (χ4v) is 4.59. The van der Waals surface area contributed by atoms with Crippen molar-refractivity contribution in [2.75, 3.05) is 43.4 Å². The van der Waals surface area contributed by atoms with Crippen LogP contribution in [0, 0.1) is 0 Å². The van der Waals surface area contributed by atoms with Crippen molar-refractivity contribution in [2.45, 2.75) is 16.7 Å². The van der Waals surface area contributed by atoms with Gasteiger partial charge in [-0.05, 0) is 29.8 Å². The monoisotopic (exact) mass is 445 g/mol. The van der Waals surface area contributed by atoms with E-state index >= 15 is 0 Å². The van der Waals surface area contributed by atoms with Gasteiger partial charge in [-0.1, -0.05) is 12.1 Å². The first-order chi connectivity index (χ1) is 14.0. The second kappa shape index (κ2) is 8.02. The molecule has 1 saturated heterocycles. The van der Waals surface area contributed by atoms with E-state index in [0.29, 0.717) is 18.8 Å².